The highest BCUT2D eigenvalue weighted by Crippen LogP contribution is 2.47. The molecule has 132 valence electrons. The van der Waals surface area contributed by atoms with Crippen LogP contribution in [0.4, 0.5) is 0 Å². The van der Waals surface area contributed by atoms with Crippen molar-refractivity contribution in [3.8, 4) is 11.5 Å². The monoisotopic (exact) mass is 412 g/mol. The minimum absolute atomic E-state index is 0.242. The van der Waals surface area contributed by atoms with E-state index < -0.39 is 6.10 Å². The van der Waals surface area contributed by atoms with Gasteiger partial charge in [0.1, 0.15) is 11.5 Å². The minimum atomic E-state index is -0.711. The Morgan fingerprint density at radius 2 is 1.81 bits per heavy atom. The van der Waals surface area contributed by atoms with Gasteiger partial charge in [0.05, 0.1) is 20.1 Å². The second-order valence-electron chi connectivity index (χ2n) is 6.16. The van der Waals surface area contributed by atoms with Crippen molar-refractivity contribution in [1.82, 2.24) is 0 Å². The molecule has 0 amide bonds. The van der Waals surface area contributed by atoms with Crippen LogP contribution in [0.5, 0.6) is 11.5 Å². The van der Waals surface area contributed by atoms with Crippen LogP contribution >= 0.6 is 15.9 Å². The first-order chi connectivity index (χ1) is 12.6. The Bertz CT molecular complexity index is 981. The van der Waals surface area contributed by atoms with Gasteiger partial charge in [-0.25, -0.2) is 4.79 Å². The van der Waals surface area contributed by atoms with E-state index in [0.29, 0.717) is 0 Å². The SMILES string of the molecule is COC(=O)C1Oc2ccc3cc(Br)ccc3c2C1c1ccc(OC)cc1. The predicted molar refractivity (Wildman–Crippen MR) is 103 cm³/mol. The second kappa shape index (κ2) is 6.65. The maximum Gasteiger partial charge on any atom is 0.348 e. The number of esters is 1. The molecule has 2 atom stereocenters. The first-order valence-electron chi connectivity index (χ1n) is 8.23. The smallest absolute Gasteiger partial charge is 0.348 e. The maximum absolute atomic E-state index is 12.4. The highest BCUT2D eigenvalue weighted by molar-refractivity contribution is 9.10. The summed E-state index contributed by atoms with van der Waals surface area (Å²) < 4.78 is 17.3. The fraction of sp³-hybridized carbons (Fsp3) is 0.190. The number of fused-ring (bicyclic) bond motifs is 3. The maximum atomic E-state index is 12.4. The molecule has 0 saturated carbocycles. The van der Waals surface area contributed by atoms with Gasteiger partial charge in [-0.15, -0.1) is 0 Å². The van der Waals surface area contributed by atoms with E-state index in [1.54, 1.807) is 7.11 Å². The Morgan fingerprint density at radius 3 is 2.50 bits per heavy atom. The summed E-state index contributed by atoms with van der Waals surface area (Å²) in [6.45, 7) is 0. The topological polar surface area (TPSA) is 44.8 Å². The molecule has 4 rings (SSSR count). The van der Waals surface area contributed by atoms with E-state index in [0.717, 1.165) is 37.9 Å². The molecule has 0 N–H and O–H groups in total. The molecule has 0 fully saturated rings. The van der Waals surface area contributed by atoms with Crippen molar-refractivity contribution in [2.45, 2.75) is 12.0 Å². The molecule has 26 heavy (non-hydrogen) atoms. The van der Waals surface area contributed by atoms with Gasteiger partial charge in [-0.3, -0.25) is 0 Å². The fourth-order valence-electron chi connectivity index (χ4n) is 3.54. The summed E-state index contributed by atoms with van der Waals surface area (Å²) in [5.41, 5.74) is 1.99. The number of carbonyl (C=O) groups is 1. The molecule has 1 heterocycles. The average Bonchev–Trinajstić information content (AvgIpc) is 3.07. The van der Waals surface area contributed by atoms with Gasteiger partial charge in [0.15, 0.2) is 0 Å². The molecule has 4 nitrogen and oxygen atoms in total. The number of carbonyl (C=O) groups excluding carboxylic acids is 1. The lowest BCUT2D eigenvalue weighted by Gasteiger charge is -2.18. The summed E-state index contributed by atoms with van der Waals surface area (Å²) in [6, 6.07) is 17.8. The Kier molecular flexibility index (Phi) is 4.32. The van der Waals surface area contributed by atoms with Crippen molar-refractivity contribution >= 4 is 32.7 Å². The molecular weight excluding hydrogens is 396 g/mol. The van der Waals surface area contributed by atoms with Gasteiger partial charge in [0.25, 0.3) is 0 Å². The van der Waals surface area contributed by atoms with E-state index in [9.17, 15) is 4.79 Å². The van der Waals surface area contributed by atoms with Crippen LogP contribution in [0.15, 0.2) is 59.1 Å². The molecular formula is C21H17BrO4. The van der Waals surface area contributed by atoms with Crippen molar-refractivity contribution in [2.75, 3.05) is 14.2 Å². The molecule has 3 aromatic rings. The van der Waals surface area contributed by atoms with Gasteiger partial charge in [-0.2, -0.15) is 0 Å². The number of rotatable bonds is 3. The summed E-state index contributed by atoms with van der Waals surface area (Å²) in [5, 5.41) is 2.16. The molecule has 0 aromatic heterocycles. The van der Waals surface area contributed by atoms with E-state index in [1.165, 1.54) is 7.11 Å². The standard InChI is InChI=1S/C21H17BrO4/c1-24-15-7-3-12(4-8-15)18-19-16-9-6-14(22)11-13(16)5-10-17(19)26-20(18)21(23)25-2/h3-11,18,20H,1-2H3. The van der Waals surface area contributed by atoms with E-state index in [4.69, 9.17) is 14.2 Å². The van der Waals surface area contributed by atoms with Crippen molar-refractivity contribution in [1.29, 1.82) is 0 Å². The van der Waals surface area contributed by atoms with Crippen LogP contribution in [0.25, 0.3) is 10.8 Å². The van der Waals surface area contributed by atoms with Crippen LogP contribution in [0, 0.1) is 0 Å². The van der Waals surface area contributed by atoms with Crippen molar-refractivity contribution in [2.24, 2.45) is 0 Å². The van der Waals surface area contributed by atoms with Crippen LogP contribution < -0.4 is 9.47 Å². The van der Waals surface area contributed by atoms with Gasteiger partial charge >= 0.3 is 5.97 Å². The van der Waals surface area contributed by atoms with E-state index in [1.807, 2.05) is 42.5 Å². The van der Waals surface area contributed by atoms with E-state index >= 15 is 0 Å². The molecule has 0 saturated heterocycles. The molecule has 0 radical (unpaired) electrons. The molecule has 3 aromatic carbocycles. The summed E-state index contributed by atoms with van der Waals surface area (Å²) in [7, 11) is 3.01. The number of hydrogen-bond donors (Lipinski definition) is 0. The summed E-state index contributed by atoms with van der Waals surface area (Å²) in [4.78, 5) is 12.4. The van der Waals surface area contributed by atoms with Crippen LogP contribution in [-0.4, -0.2) is 26.3 Å². The van der Waals surface area contributed by atoms with Crippen molar-refractivity contribution < 1.29 is 19.0 Å². The molecule has 0 spiro atoms. The second-order valence-corrected chi connectivity index (χ2v) is 7.07. The molecule has 1 aliphatic rings. The normalized spacial score (nSPS) is 18.3. The molecule has 1 aliphatic heterocycles. The van der Waals surface area contributed by atoms with Crippen LogP contribution in [0.1, 0.15) is 17.0 Å². The van der Waals surface area contributed by atoms with Gasteiger partial charge in [0.2, 0.25) is 6.10 Å². The van der Waals surface area contributed by atoms with Crippen LogP contribution in [0.3, 0.4) is 0 Å². The number of hydrogen-bond acceptors (Lipinski definition) is 4. The van der Waals surface area contributed by atoms with Crippen molar-refractivity contribution in [3.63, 3.8) is 0 Å². The number of ether oxygens (including phenoxy) is 3. The predicted octanol–water partition coefficient (Wildman–Crippen LogP) is 4.68. The fourth-order valence-corrected chi connectivity index (χ4v) is 3.92. The summed E-state index contributed by atoms with van der Waals surface area (Å²) >= 11 is 3.52. The molecule has 2 unspecified atom stereocenters. The highest BCUT2D eigenvalue weighted by Gasteiger charge is 2.42. The third-order valence-electron chi connectivity index (χ3n) is 4.76. The van der Waals surface area contributed by atoms with Gasteiger partial charge in [0, 0.05) is 10.0 Å². The first-order valence-corrected chi connectivity index (χ1v) is 9.02. The lowest BCUT2D eigenvalue weighted by atomic mass is 9.85. The average molecular weight is 413 g/mol. The largest absolute Gasteiger partial charge is 0.497 e. The number of methoxy groups -OCH3 is 2. The van der Waals surface area contributed by atoms with Crippen LogP contribution in [0.2, 0.25) is 0 Å². The summed E-state index contributed by atoms with van der Waals surface area (Å²) in [5.74, 6) is 0.862. The molecule has 0 bridgehead atoms. The Labute approximate surface area is 159 Å². The first kappa shape index (κ1) is 16.9. The molecule has 0 aliphatic carbocycles. The third kappa shape index (κ3) is 2.72. The minimum Gasteiger partial charge on any atom is -0.497 e. The van der Waals surface area contributed by atoms with Crippen LogP contribution in [-0.2, 0) is 9.53 Å². The van der Waals surface area contributed by atoms with Gasteiger partial charge < -0.3 is 14.2 Å². The lowest BCUT2D eigenvalue weighted by molar-refractivity contribution is -0.148. The Balaban J connectivity index is 1.92. The zero-order valence-electron chi connectivity index (χ0n) is 14.4. The Morgan fingerprint density at radius 1 is 1.04 bits per heavy atom. The quantitative estimate of drug-likeness (QED) is 0.586. The number of benzene rings is 3. The van der Waals surface area contributed by atoms with Crippen molar-refractivity contribution in [3.05, 3.63) is 70.2 Å². The number of halogens is 1. The Hall–Kier alpha value is -2.53. The zero-order valence-corrected chi connectivity index (χ0v) is 15.9. The van der Waals surface area contributed by atoms with Gasteiger partial charge in [-0.1, -0.05) is 40.2 Å². The van der Waals surface area contributed by atoms with E-state index in [-0.39, 0.29) is 11.9 Å². The highest BCUT2D eigenvalue weighted by atomic mass is 79.9. The lowest BCUT2D eigenvalue weighted by Crippen LogP contribution is -2.30. The zero-order chi connectivity index (χ0) is 18.3. The van der Waals surface area contributed by atoms with Gasteiger partial charge in [-0.05, 0) is 46.7 Å². The third-order valence-corrected chi connectivity index (χ3v) is 5.25. The molecule has 5 heteroatoms. The summed E-state index contributed by atoms with van der Waals surface area (Å²) in [6.07, 6.45) is -0.711. The van der Waals surface area contributed by atoms with E-state index in [2.05, 4.69) is 28.1 Å².